The molecule has 2 N–H and O–H groups in total. The molecule has 1 saturated carbocycles. The Labute approximate surface area is 84.4 Å². The van der Waals surface area contributed by atoms with Crippen LogP contribution >= 0.6 is 0 Å². The number of carbonyl (C=O) groups is 1. The number of nitrogens with zero attached hydrogens (tertiary/aromatic N) is 1. The van der Waals surface area contributed by atoms with E-state index in [-0.39, 0.29) is 12.0 Å². The van der Waals surface area contributed by atoms with Crippen molar-refractivity contribution in [2.75, 3.05) is 19.7 Å². The van der Waals surface area contributed by atoms with Gasteiger partial charge in [-0.2, -0.15) is 0 Å². The summed E-state index contributed by atoms with van der Waals surface area (Å²) in [5.74, 6) is -0.0957. The maximum Gasteiger partial charge on any atom is 0.320 e. The van der Waals surface area contributed by atoms with Crippen LogP contribution in [-0.4, -0.2) is 42.6 Å². The van der Waals surface area contributed by atoms with Crippen LogP contribution in [0, 0.1) is 0 Å². The van der Waals surface area contributed by atoms with Crippen molar-refractivity contribution in [2.45, 2.75) is 37.8 Å². The Balaban J connectivity index is 1.97. The predicted molar refractivity (Wildman–Crippen MR) is 52.8 cm³/mol. The van der Waals surface area contributed by atoms with Gasteiger partial charge in [0.2, 0.25) is 0 Å². The Kier molecular flexibility index (Phi) is 3.03. The van der Waals surface area contributed by atoms with Crippen LogP contribution in [0.1, 0.15) is 25.7 Å². The summed E-state index contributed by atoms with van der Waals surface area (Å²) in [6.45, 7) is 1.94. The molecule has 14 heavy (non-hydrogen) atoms. The summed E-state index contributed by atoms with van der Waals surface area (Å²) < 4.78 is 5.01. The molecule has 80 valence electrons. The first kappa shape index (κ1) is 9.93. The minimum absolute atomic E-state index is 0.0957. The molecule has 2 aliphatic rings. The smallest absolute Gasteiger partial charge is 0.320 e. The van der Waals surface area contributed by atoms with Gasteiger partial charge in [0, 0.05) is 18.6 Å². The van der Waals surface area contributed by atoms with E-state index in [0.29, 0.717) is 19.2 Å². The van der Waals surface area contributed by atoms with E-state index in [1.165, 1.54) is 6.42 Å². The van der Waals surface area contributed by atoms with Crippen molar-refractivity contribution in [1.82, 2.24) is 4.90 Å². The van der Waals surface area contributed by atoms with Crippen LogP contribution in [0.25, 0.3) is 0 Å². The molecule has 4 heteroatoms. The lowest BCUT2D eigenvalue weighted by Gasteiger charge is -2.28. The standard InChI is InChI=1S/C10H18N2O2/c11-8-3-1-4-9(8)12-5-2-6-14-10(13)7-12/h8-9H,1-7,11H2. The van der Waals surface area contributed by atoms with Gasteiger partial charge in [0.15, 0.2) is 0 Å². The summed E-state index contributed by atoms with van der Waals surface area (Å²) >= 11 is 0. The fourth-order valence-corrected chi connectivity index (χ4v) is 2.45. The Morgan fingerprint density at radius 3 is 2.93 bits per heavy atom. The molecule has 0 aromatic rings. The Morgan fingerprint density at radius 1 is 1.36 bits per heavy atom. The van der Waals surface area contributed by atoms with Crippen molar-refractivity contribution in [3.8, 4) is 0 Å². The van der Waals surface area contributed by atoms with Crippen molar-refractivity contribution >= 4 is 5.97 Å². The second kappa shape index (κ2) is 4.28. The van der Waals surface area contributed by atoms with Crippen LogP contribution in [0.2, 0.25) is 0 Å². The first-order valence-corrected chi connectivity index (χ1v) is 5.42. The minimum atomic E-state index is -0.0957. The Bertz CT molecular complexity index is 220. The molecule has 0 amide bonds. The molecule has 0 aromatic heterocycles. The molecule has 1 saturated heterocycles. The van der Waals surface area contributed by atoms with Gasteiger partial charge in [-0.1, -0.05) is 6.42 Å². The minimum Gasteiger partial charge on any atom is -0.465 e. The van der Waals surface area contributed by atoms with E-state index in [2.05, 4.69) is 4.90 Å². The summed E-state index contributed by atoms with van der Waals surface area (Å²) in [5, 5.41) is 0. The number of hydrogen-bond donors (Lipinski definition) is 1. The topological polar surface area (TPSA) is 55.6 Å². The summed E-state index contributed by atoms with van der Waals surface area (Å²) in [6.07, 6.45) is 4.36. The van der Waals surface area contributed by atoms with Gasteiger partial charge in [-0.05, 0) is 19.3 Å². The van der Waals surface area contributed by atoms with Gasteiger partial charge in [-0.3, -0.25) is 9.69 Å². The zero-order valence-electron chi connectivity index (χ0n) is 8.45. The third kappa shape index (κ3) is 2.07. The lowest BCUT2D eigenvalue weighted by molar-refractivity contribution is -0.143. The van der Waals surface area contributed by atoms with Crippen molar-refractivity contribution < 1.29 is 9.53 Å². The molecule has 2 fully saturated rings. The van der Waals surface area contributed by atoms with Crippen LogP contribution in [0.4, 0.5) is 0 Å². The molecule has 2 atom stereocenters. The van der Waals surface area contributed by atoms with E-state index in [4.69, 9.17) is 10.5 Å². The molecule has 4 nitrogen and oxygen atoms in total. The van der Waals surface area contributed by atoms with E-state index < -0.39 is 0 Å². The lowest BCUT2D eigenvalue weighted by Crippen LogP contribution is -2.46. The Morgan fingerprint density at radius 2 is 2.21 bits per heavy atom. The van der Waals surface area contributed by atoms with Crippen LogP contribution in [0.5, 0.6) is 0 Å². The van der Waals surface area contributed by atoms with Crippen LogP contribution in [0.15, 0.2) is 0 Å². The molecule has 0 bridgehead atoms. The monoisotopic (exact) mass is 198 g/mol. The van der Waals surface area contributed by atoms with Crippen molar-refractivity contribution in [2.24, 2.45) is 5.73 Å². The maximum absolute atomic E-state index is 11.3. The van der Waals surface area contributed by atoms with Crippen molar-refractivity contribution in [1.29, 1.82) is 0 Å². The quantitative estimate of drug-likeness (QED) is 0.608. The first-order chi connectivity index (χ1) is 6.77. The molecule has 0 radical (unpaired) electrons. The van der Waals surface area contributed by atoms with Gasteiger partial charge < -0.3 is 10.5 Å². The van der Waals surface area contributed by atoms with Crippen LogP contribution < -0.4 is 5.73 Å². The SMILES string of the molecule is NC1CCCC1N1CCCOC(=O)C1. The summed E-state index contributed by atoms with van der Waals surface area (Å²) in [6, 6.07) is 0.654. The number of nitrogens with two attached hydrogens (primary N) is 1. The highest BCUT2D eigenvalue weighted by molar-refractivity contribution is 5.71. The highest BCUT2D eigenvalue weighted by Gasteiger charge is 2.31. The van der Waals surface area contributed by atoms with Crippen molar-refractivity contribution in [3.05, 3.63) is 0 Å². The molecule has 0 aromatic carbocycles. The fraction of sp³-hybridized carbons (Fsp3) is 0.900. The summed E-state index contributed by atoms with van der Waals surface area (Å²) in [7, 11) is 0. The van der Waals surface area contributed by atoms with E-state index in [1.54, 1.807) is 0 Å². The van der Waals surface area contributed by atoms with Gasteiger partial charge >= 0.3 is 5.97 Å². The van der Waals surface area contributed by atoms with Crippen LogP contribution in [-0.2, 0) is 9.53 Å². The predicted octanol–water partition coefficient (Wildman–Crippen LogP) is 0.115. The number of hydrogen-bond acceptors (Lipinski definition) is 4. The molecular weight excluding hydrogens is 180 g/mol. The largest absolute Gasteiger partial charge is 0.465 e. The number of carbonyl (C=O) groups excluding carboxylic acids is 1. The number of esters is 1. The van der Waals surface area contributed by atoms with E-state index in [9.17, 15) is 4.79 Å². The second-order valence-electron chi connectivity index (χ2n) is 4.21. The lowest BCUT2D eigenvalue weighted by atomic mass is 10.1. The number of ether oxygens (including phenoxy) is 1. The second-order valence-corrected chi connectivity index (χ2v) is 4.21. The van der Waals surface area contributed by atoms with Gasteiger partial charge in [0.1, 0.15) is 0 Å². The maximum atomic E-state index is 11.3. The van der Waals surface area contributed by atoms with E-state index in [0.717, 1.165) is 25.8 Å². The van der Waals surface area contributed by atoms with Gasteiger partial charge in [0.05, 0.1) is 13.2 Å². The van der Waals surface area contributed by atoms with Crippen molar-refractivity contribution in [3.63, 3.8) is 0 Å². The number of rotatable bonds is 1. The molecule has 2 rings (SSSR count). The van der Waals surface area contributed by atoms with Gasteiger partial charge in [-0.25, -0.2) is 0 Å². The zero-order valence-corrected chi connectivity index (χ0v) is 8.45. The summed E-state index contributed by atoms with van der Waals surface area (Å²) in [5.41, 5.74) is 6.01. The molecule has 0 spiro atoms. The average Bonchev–Trinajstić information content (AvgIpc) is 2.45. The number of cyclic esters (lactones) is 1. The normalized spacial score (nSPS) is 35.4. The van der Waals surface area contributed by atoms with E-state index >= 15 is 0 Å². The average molecular weight is 198 g/mol. The fourth-order valence-electron chi connectivity index (χ4n) is 2.45. The molecular formula is C10H18N2O2. The van der Waals surface area contributed by atoms with E-state index in [1.807, 2.05) is 0 Å². The van der Waals surface area contributed by atoms with Gasteiger partial charge in [0.25, 0.3) is 0 Å². The molecule has 2 unspecified atom stereocenters. The zero-order chi connectivity index (χ0) is 9.97. The molecule has 1 aliphatic carbocycles. The molecule has 1 heterocycles. The summed E-state index contributed by atoms with van der Waals surface area (Å²) in [4.78, 5) is 13.5. The highest BCUT2D eigenvalue weighted by Crippen LogP contribution is 2.23. The third-order valence-corrected chi connectivity index (χ3v) is 3.19. The van der Waals surface area contributed by atoms with Crippen LogP contribution in [0.3, 0.4) is 0 Å². The Hall–Kier alpha value is -0.610. The molecule has 1 aliphatic heterocycles. The first-order valence-electron chi connectivity index (χ1n) is 5.42. The van der Waals surface area contributed by atoms with Gasteiger partial charge in [-0.15, -0.1) is 0 Å². The third-order valence-electron chi connectivity index (χ3n) is 3.19. The highest BCUT2D eigenvalue weighted by atomic mass is 16.5.